The summed E-state index contributed by atoms with van der Waals surface area (Å²) in [4.78, 5) is 25.6. The van der Waals surface area contributed by atoms with Crippen LogP contribution in [0.5, 0.6) is 0 Å². The number of nitrogens with two attached hydrogens (primary N) is 1. The molecule has 0 aromatic carbocycles. The Kier molecular flexibility index (Phi) is 3.99. The SMILES string of the molecule is COC(=O)NC1CCN(C(=O)C2(C)CCCC2N)C1. The van der Waals surface area contributed by atoms with E-state index in [0.29, 0.717) is 13.1 Å². The molecule has 2 rings (SSSR count). The van der Waals surface area contributed by atoms with Gasteiger partial charge in [0.1, 0.15) is 0 Å². The molecule has 6 heteroatoms. The van der Waals surface area contributed by atoms with Gasteiger partial charge >= 0.3 is 6.09 Å². The minimum Gasteiger partial charge on any atom is -0.453 e. The Bertz CT molecular complexity index is 374. The summed E-state index contributed by atoms with van der Waals surface area (Å²) in [7, 11) is 1.34. The van der Waals surface area contributed by atoms with Crippen molar-refractivity contribution in [1.82, 2.24) is 10.2 Å². The van der Waals surface area contributed by atoms with Gasteiger partial charge in [0.25, 0.3) is 0 Å². The Morgan fingerprint density at radius 3 is 2.74 bits per heavy atom. The van der Waals surface area contributed by atoms with Crippen molar-refractivity contribution in [2.45, 2.75) is 44.7 Å². The van der Waals surface area contributed by atoms with Gasteiger partial charge in [0, 0.05) is 19.1 Å². The number of methoxy groups -OCH3 is 1. The highest BCUT2D eigenvalue weighted by Crippen LogP contribution is 2.39. The zero-order valence-corrected chi connectivity index (χ0v) is 11.6. The van der Waals surface area contributed by atoms with Crippen LogP contribution in [0.15, 0.2) is 0 Å². The molecule has 3 unspecified atom stereocenters. The maximum Gasteiger partial charge on any atom is 0.407 e. The predicted octanol–water partition coefficient (Wildman–Crippen LogP) is 0.461. The summed E-state index contributed by atoms with van der Waals surface area (Å²) in [6.07, 6.45) is 3.12. The summed E-state index contributed by atoms with van der Waals surface area (Å²) in [6, 6.07) is -0.0646. The first-order chi connectivity index (χ1) is 8.97. The second-order valence-electron chi connectivity index (χ2n) is 5.79. The third-order valence-corrected chi connectivity index (χ3v) is 4.50. The van der Waals surface area contributed by atoms with Crippen LogP contribution < -0.4 is 11.1 Å². The van der Waals surface area contributed by atoms with Crippen molar-refractivity contribution in [1.29, 1.82) is 0 Å². The van der Waals surface area contributed by atoms with Gasteiger partial charge in [-0.3, -0.25) is 4.79 Å². The molecule has 0 aromatic rings. The van der Waals surface area contributed by atoms with Gasteiger partial charge in [0.2, 0.25) is 5.91 Å². The maximum atomic E-state index is 12.6. The minimum absolute atomic E-state index is 0.0161. The van der Waals surface area contributed by atoms with Crippen LogP contribution in [0.3, 0.4) is 0 Å². The topological polar surface area (TPSA) is 84.7 Å². The molecule has 3 N–H and O–H groups in total. The number of alkyl carbamates (subject to hydrolysis) is 1. The fraction of sp³-hybridized carbons (Fsp3) is 0.846. The van der Waals surface area contributed by atoms with Crippen LogP contribution in [-0.2, 0) is 9.53 Å². The number of hydrogen-bond donors (Lipinski definition) is 2. The molecule has 0 radical (unpaired) electrons. The standard InChI is InChI=1S/C13H23N3O3/c1-13(6-3-4-10(13)14)11(17)16-7-5-9(8-16)15-12(18)19-2/h9-10H,3-8,14H2,1-2H3,(H,15,18). The lowest BCUT2D eigenvalue weighted by atomic mass is 9.83. The summed E-state index contributed by atoms with van der Waals surface area (Å²) in [5.41, 5.74) is 5.65. The lowest BCUT2D eigenvalue weighted by molar-refractivity contribution is -0.140. The van der Waals surface area contributed by atoms with Crippen molar-refractivity contribution in [3.63, 3.8) is 0 Å². The molecule has 2 aliphatic rings. The average molecular weight is 269 g/mol. The van der Waals surface area contributed by atoms with Gasteiger partial charge in [-0.15, -0.1) is 0 Å². The van der Waals surface area contributed by atoms with Gasteiger partial charge in [-0.25, -0.2) is 4.79 Å². The zero-order chi connectivity index (χ0) is 14.0. The predicted molar refractivity (Wildman–Crippen MR) is 70.5 cm³/mol. The molecule has 1 aliphatic carbocycles. The second-order valence-corrected chi connectivity index (χ2v) is 5.79. The summed E-state index contributed by atoms with van der Waals surface area (Å²) >= 11 is 0. The summed E-state index contributed by atoms with van der Waals surface area (Å²) in [5, 5.41) is 2.74. The van der Waals surface area contributed by atoms with Crippen LogP contribution in [0.2, 0.25) is 0 Å². The number of hydrogen-bond acceptors (Lipinski definition) is 4. The molecule has 0 aromatic heterocycles. The summed E-state index contributed by atoms with van der Waals surface area (Å²) in [5.74, 6) is 0.131. The van der Waals surface area contributed by atoms with Crippen LogP contribution in [0, 0.1) is 5.41 Å². The zero-order valence-electron chi connectivity index (χ0n) is 11.6. The van der Waals surface area contributed by atoms with E-state index in [9.17, 15) is 9.59 Å². The number of amides is 2. The molecule has 2 amide bonds. The quantitative estimate of drug-likeness (QED) is 0.762. The monoisotopic (exact) mass is 269 g/mol. The van der Waals surface area contributed by atoms with Crippen molar-refractivity contribution in [2.24, 2.45) is 11.1 Å². The van der Waals surface area contributed by atoms with E-state index in [0.717, 1.165) is 25.7 Å². The van der Waals surface area contributed by atoms with Gasteiger partial charge < -0.3 is 20.7 Å². The van der Waals surface area contributed by atoms with E-state index in [1.165, 1.54) is 7.11 Å². The van der Waals surface area contributed by atoms with E-state index >= 15 is 0 Å². The Morgan fingerprint density at radius 1 is 1.42 bits per heavy atom. The molecule has 3 atom stereocenters. The molecule has 1 heterocycles. The second kappa shape index (κ2) is 5.36. The normalized spacial score (nSPS) is 34.4. The fourth-order valence-electron chi connectivity index (χ4n) is 3.11. The molecular weight excluding hydrogens is 246 g/mol. The van der Waals surface area contributed by atoms with Crippen LogP contribution >= 0.6 is 0 Å². The lowest BCUT2D eigenvalue weighted by Crippen LogP contribution is -2.49. The minimum atomic E-state index is -0.442. The number of nitrogens with zero attached hydrogens (tertiary/aromatic N) is 1. The highest BCUT2D eigenvalue weighted by Gasteiger charge is 2.46. The smallest absolute Gasteiger partial charge is 0.407 e. The number of likely N-dealkylation sites (tertiary alicyclic amines) is 1. The Hall–Kier alpha value is -1.30. The maximum absolute atomic E-state index is 12.6. The Morgan fingerprint density at radius 2 is 2.16 bits per heavy atom. The largest absolute Gasteiger partial charge is 0.453 e. The van der Waals surface area contributed by atoms with E-state index in [-0.39, 0.29) is 18.0 Å². The number of ether oxygens (including phenoxy) is 1. The van der Waals surface area contributed by atoms with Crippen molar-refractivity contribution >= 4 is 12.0 Å². The molecule has 6 nitrogen and oxygen atoms in total. The van der Waals surface area contributed by atoms with Crippen molar-refractivity contribution < 1.29 is 14.3 Å². The first-order valence-corrected chi connectivity index (χ1v) is 6.87. The van der Waals surface area contributed by atoms with Crippen molar-refractivity contribution in [3.05, 3.63) is 0 Å². The Labute approximate surface area is 113 Å². The number of nitrogens with one attached hydrogen (secondary N) is 1. The highest BCUT2D eigenvalue weighted by molar-refractivity contribution is 5.84. The van der Waals surface area contributed by atoms with E-state index in [1.54, 1.807) is 0 Å². The van der Waals surface area contributed by atoms with Gasteiger partial charge in [0.15, 0.2) is 0 Å². The first-order valence-electron chi connectivity index (χ1n) is 6.87. The van der Waals surface area contributed by atoms with Crippen molar-refractivity contribution in [2.75, 3.05) is 20.2 Å². The van der Waals surface area contributed by atoms with Gasteiger partial charge in [-0.2, -0.15) is 0 Å². The molecule has 2 fully saturated rings. The summed E-state index contributed by atoms with van der Waals surface area (Å²) in [6.45, 7) is 3.19. The molecule has 1 aliphatic heterocycles. The summed E-state index contributed by atoms with van der Waals surface area (Å²) < 4.78 is 4.57. The number of carbonyl (C=O) groups is 2. The van der Waals surface area contributed by atoms with Crippen LogP contribution in [0.1, 0.15) is 32.6 Å². The highest BCUT2D eigenvalue weighted by atomic mass is 16.5. The third-order valence-electron chi connectivity index (χ3n) is 4.50. The molecule has 0 spiro atoms. The number of rotatable bonds is 2. The van der Waals surface area contributed by atoms with Crippen LogP contribution in [0.25, 0.3) is 0 Å². The van der Waals surface area contributed by atoms with E-state index < -0.39 is 11.5 Å². The van der Waals surface area contributed by atoms with Gasteiger partial charge in [-0.05, 0) is 26.2 Å². The first kappa shape index (κ1) is 14.1. The lowest BCUT2D eigenvalue weighted by Gasteiger charge is -2.32. The fourth-order valence-corrected chi connectivity index (χ4v) is 3.11. The van der Waals surface area contributed by atoms with Crippen LogP contribution in [0.4, 0.5) is 4.79 Å². The third kappa shape index (κ3) is 2.68. The molecule has 108 valence electrons. The molecule has 0 bridgehead atoms. The Balaban J connectivity index is 1.93. The van der Waals surface area contributed by atoms with Gasteiger partial charge in [0.05, 0.1) is 18.6 Å². The number of carbonyl (C=O) groups excluding carboxylic acids is 2. The van der Waals surface area contributed by atoms with Crippen LogP contribution in [-0.4, -0.2) is 49.2 Å². The average Bonchev–Trinajstić information content (AvgIpc) is 2.97. The molecular formula is C13H23N3O3. The van der Waals surface area contributed by atoms with E-state index in [2.05, 4.69) is 10.1 Å². The molecule has 19 heavy (non-hydrogen) atoms. The molecule has 1 saturated heterocycles. The molecule has 1 saturated carbocycles. The van der Waals surface area contributed by atoms with Crippen molar-refractivity contribution in [3.8, 4) is 0 Å². The van der Waals surface area contributed by atoms with Gasteiger partial charge in [-0.1, -0.05) is 6.42 Å². The van der Waals surface area contributed by atoms with E-state index in [4.69, 9.17) is 5.73 Å². The van der Waals surface area contributed by atoms with E-state index in [1.807, 2.05) is 11.8 Å².